The zero-order valence-corrected chi connectivity index (χ0v) is 15.5. The Morgan fingerprint density at radius 3 is 2.64 bits per heavy atom. The minimum absolute atomic E-state index is 0.726. The molecule has 0 radical (unpaired) electrons. The van der Waals surface area contributed by atoms with Gasteiger partial charge >= 0.3 is 0 Å². The van der Waals surface area contributed by atoms with Crippen molar-refractivity contribution in [2.75, 3.05) is 26.2 Å². The van der Waals surface area contributed by atoms with E-state index in [-0.39, 0.29) is 0 Å². The summed E-state index contributed by atoms with van der Waals surface area (Å²) in [4.78, 5) is 9.46. The van der Waals surface area contributed by atoms with Gasteiger partial charge in [-0.3, -0.25) is 14.8 Å². The van der Waals surface area contributed by atoms with Gasteiger partial charge in [-0.05, 0) is 68.6 Å². The Labute approximate surface area is 152 Å². The van der Waals surface area contributed by atoms with Crippen LogP contribution in [0.5, 0.6) is 0 Å². The van der Waals surface area contributed by atoms with Crippen LogP contribution in [-0.2, 0) is 13.0 Å². The Morgan fingerprint density at radius 2 is 1.88 bits per heavy atom. The lowest BCUT2D eigenvalue weighted by atomic mass is 10.1. The topological polar surface area (TPSA) is 19.4 Å². The first-order valence-corrected chi connectivity index (χ1v) is 9.74. The number of rotatable bonds is 9. The predicted molar refractivity (Wildman–Crippen MR) is 105 cm³/mol. The van der Waals surface area contributed by atoms with Gasteiger partial charge in [0.05, 0.1) is 0 Å². The van der Waals surface area contributed by atoms with E-state index in [0.717, 1.165) is 25.6 Å². The number of hydrogen-bond acceptors (Lipinski definition) is 3. The van der Waals surface area contributed by atoms with E-state index in [4.69, 9.17) is 0 Å². The summed E-state index contributed by atoms with van der Waals surface area (Å²) in [5.74, 6) is 0. The highest BCUT2D eigenvalue weighted by Gasteiger charge is 2.24. The molecule has 0 amide bonds. The first-order valence-electron chi connectivity index (χ1n) is 9.74. The molecule has 134 valence electrons. The predicted octanol–water partition coefficient (Wildman–Crippen LogP) is 4.00. The summed E-state index contributed by atoms with van der Waals surface area (Å²) >= 11 is 0. The maximum atomic E-state index is 4.16. The van der Waals surface area contributed by atoms with Crippen molar-refractivity contribution in [3.8, 4) is 0 Å². The fourth-order valence-electron chi connectivity index (χ4n) is 3.95. The molecule has 0 saturated carbocycles. The number of aromatic nitrogens is 1. The zero-order valence-electron chi connectivity index (χ0n) is 15.5. The molecular weight excluding hydrogens is 306 g/mol. The molecule has 0 spiro atoms. The van der Waals surface area contributed by atoms with E-state index in [0.29, 0.717) is 0 Å². The SMILES string of the molecule is CCN1CCC[C@H]1CN(CCCc1ccccc1)Cc1ccncc1. The Morgan fingerprint density at radius 1 is 1.08 bits per heavy atom. The van der Waals surface area contributed by atoms with Crippen LogP contribution in [0.2, 0.25) is 0 Å². The number of pyridine rings is 1. The summed E-state index contributed by atoms with van der Waals surface area (Å²) in [6.45, 7) is 8.12. The molecule has 1 aromatic carbocycles. The van der Waals surface area contributed by atoms with Gasteiger partial charge in [0.25, 0.3) is 0 Å². The van der Waals surface area contributed by atoms with Gasteiger partial charge in [0, 0.05) is 31.5 Å². The maximum absolute atomic E-state index is 4.16. The van der Waals surface area contributed by atoms with E-state index in [2.05, 4.69) is 64.2 Å². The molecule has 0 aliphatic carbocycles. The Balaban J connectivity index is 1.57. The van der Waals surface area contributed by atoms with Gasteiger partial charge in [0.2, 0.25) is 0 Å². The molecule has 2 heterocycles. The van der Waals surface area contributed by atoms with Crippen LogP contribution < -0.4 is 0 Å². The van der Waals surface area contributed by atoms with Crippen molar-refractivity contribution in [3.05, 3.63) is 66.0 Å². The van der Waals surface area contributed by atoms with Gasteiger partial charge in [-0.2, -0.15) is 0 Å². The summed E-state index contributed by atoms with van der Waals surface area (Å²) in [6, 6.07) is 15.9. The third-order valence-electron chi connectivity index (χ3n) is 5.31. The van der Waals surface area contributed by atoms with E-state index >= 15 is 0 Å². The first-order chi connectivity index (χ1) is 12.3. The molecule has 1 aliphatic rings. The Kier molecular flexibility index (Phi) is 7.01. The second kappa shape index (κ2) is 9.69. The normalized spacial score (nSPS) is 18.1. The third kappa shape index (κ3) is 5.65. The van der Waals surface area contributed by atoms with E-state index in [9.17, 15) is 0 Å². The molecule has 1 saturated heterocycles. The highest BCUT2D eigenvalue weighted by atomic mass is 15.2. The molecule has 1 fully saturated rings. The lowest BCUT2D eigenvalue weighted by molar-refractivity contribution is 0.170. The molecule has 1 aromatic heterocycles. The summed E-state index contributed by atoms with van der Waals surface area (Å²) in [7, 11) is 0. The number of likely N-dealkylation sites (tertiary alicyclic amines) is 1. The Bertz CT molecular complexity index is 599. The smallest absolute Gasteiger partial charge is 0.0271 e. The molecule has 2 aromatic rings. The van der Waals surface area contributed by atoms with Crippen LogP contribution in [0.4, 0.5) is 0 Å². The minimum atomic E-state index is 0.726. The Hall–Kier alpha value is -1.71. The summed E-state index contributed by atoms with van der Waals surface area (Å²) in [5.41, 5.74) is 2.82. The molecule has 3 rings (SSSR count). The molecule has 25 heavy (non-hydrogen) atoms. The number of benzene rings is 1. The summed E-state index contributed by atoms with van der Waals surface area (Å²) < 4.78 is 0. The van der Waals surface area contributed by atoms with Gasteiger partial charge in [0.1, 0.15) is 0 Å². The van der Waals surface area contributed by atoms with Gasteiger partial charge in [-0.1, -0.05) is 37.3 Å². The second-order valence-electron chi connectivity index (χ2n) is 7.10. The van der Waals surface area contributed by atoms with Crippen molar-refractivity contribution < 1.29 is 0 Å². The van der Waals surface area contributed by atoms with Crippen molar-refractivity contribution in [1.82, 2.24) is 14.8 Å². The molecular formula is C22H31N3. The molecule has 1 atom stereocenters. The van der Waals surface area contributed by atoms with E-state index in [1.807, 2.05) is 12.4 Å². The quantitative estimate of drug-likeness (QED) is 0.689. The van der Waals surface area contributed by atoms with Crippen LogP contribution in [-0.4, -0.2) is 47.0 Å². The minimum Gasteiger partial charge on any atom is -0.299 e. The lowest BCUT2D eigenvalue weighted by Crippen LogP contribution is -2.40. The third-order valence-corrected chi connectivity index (χ3v) is 5.31. The summed E-state index contributed by atoms with van der Waals surface area (Å²) in [6.07, 6.45) is 8.89. The van der Waals surface area contributed by atoms with Crippen LogP contribution >= 0.6 is 0 Å². The van der Waals surface area contributed by atoms with Crippen LogP contribution in [0.1, 0.15) is 37.3 Å². The first kappa shape index (κ1) is 18.1. The average molecular weight is 338 g/mol. The van der Waals surface area contributed by atoms with Gasteiger partial charge in [0.15, 0.2) is 0 Å². The monoisotopic (exact) mass is 337 g/mol. The van der Waals surface area contributed by atoms with Crippen molar-refractivity contribution >= 4 is 0 Å². The maximum Gasteiger partial charge on any atom is 0.0271 e. The van der Waals surface area contributed by atoms with Gasteiger partial charge in [-0.15, -0.1) is 0 Å². The molecule has 0 bridgehead atoms. The molecule has 0 unspecified atom stereocenters. The lowest BCUT2D eigenvalue weighted by Gasteiger charge is -2.30. The highest BCUT2D eigenvalue weighted by molar-refractivity contribution is 5.14. The number of aryl methyl sites for hydroxylation is 1. The molecule has 1 aliphatic heterocycles. The highest BCUT2D eigenvalue weighted by Crippen LogP contribution is 2.19. The van der Waals surface area contributed by atoms with E-state index < -0.39 is 0 Å². The zero-order chi connectivity index (χ0) is 17.3. The molecule has 0 N–H and O–H groups in total. The fraction of sp³-hybridized carbons (Fsp3) is 0.500. The van der Waals surface area contributed by atoms with Crippen LogP contribution in [0.25, 0.3) is 0 Å². The van der Waals surface area contributed by atoms with Crippen LogP contribution in [0, 0.1) is 0 Å². The number of hydrogen-bond donors (Lipinski definition) is 0. The van der Waals surface area contributed by atoms with E-state index in [1.54, 1.807) is 0 Å². The van der Waals surface area contributed by atoms with Crippen molar-refractivity contribution in [2.24, 2.45) is 0 Å². The summed E-state index contributed by atoms with van der Waals surface area (Å²) in [5, 5.41) is 0. The fourth-order valence-corrected chi connectivity index (χ4v) is 3.95. The molecule has 3 heteroatoms. The number of likely N-dealkylation sites (N-methyl/N-ethyl adjacent to an activating group) is 1. The van der Waals surface area contributed by atoms with Crippen LogP contribution in [0.3, 0.4) is 0 Å². The largest absolute Gasteiger partial charge is 0.299 e. The van der Waals surface area contributed by atoms with Gasteiger partial charge in [-0.25, -0.2) is 0 Å². The van der Waals surface area contributed by atoms with Crippen molar-refractivity contribution in [2.45, 2.75) is 45.2 Å². The van der Waals surface area contributed by atoms with Gasteiger partial charge < -0.3 is 0 Å². The number of nitrogens with zero attached hydrogens (tertiary/aromatic N) is 3. The average Bonchev–Trinajstić information content (AvgIpc) is 3.10. The molecule has 3 nitrogen and oxygen atoms in total. The van der Waals surface area contributed by atoms with Crippen LogP contribution in [0.15, 0.2) is 54.9 Å². The standard InChI is InChI=1S/C22H31N3/c1-2-25-17-7-11-22(25)19-24(18-21-12-14-23-15-13-21)16-6-10-20-8-4-3-5-9-20/h3-5,8-9,12-15,22H,2,6-7,10-11,16-19H2,1H3/t22-/m0/s1. The van der Waals surface area contributed by atoms with Crippen molar-refractivity contribution in [1.29, 1.82) is 0 Å². The van der Waals surface area contributed by atoms with Crippen molar-refractivity contribution in [3.63, 3.8) is 0 Å². The van der Waals surface area contributed by atoms with E-state index in [1.165, 1.54) is 50.0 Å². The second-order valence-corrected chi connectivity index (χ2v) is 7.10.